The summed E-state index contributed by atoms with van der Waals surface area (Å²) >= 11 is 3.52. The van der Waals surface area contributed by atoms with Gasteiger partial charge in [0.15, 0.2) is 0 Å². The molecule has 1 saturated heterocycles. The number of nitrogens with zero attached hydrogens (tertiary/aromatic N) is 1. The summed E-state index contributed by atoms with van der Waals surface area (Å²) in [6.45, 7) is 8.27. The average Bonchev–Trinajstić information content (AvgIpc) is 2.31. The Kier molecular flexibility index (Phi) is 8.91. The molecule has 1 aromatic carbocycles. The highest BCUT2D eigenvalue weighted by atomic mass is 79.9. The number of nitrogens with one attached hydrogen (secondary N) is 1. The smallest absolute Gasteiger partial charge is 0.0530 e. The first-order chi connectivity index (χ1) is 7.81. The van der Waals surface area contributed by atoms with Crippen LogP contribution in [0.5, 0.6) is 0 Å². The monoisotopic (exact) mass is 352 g/mol. The zero-order chi connectivity index (χ0) is 11.4. The van der Waals surface area contributed by atoms with Crippen LogP contribution in [0, 0.1) is 0 Å². The Bertz CT molecular complexity index is 368. The number of piperazine rings is 1. The molecule has 1 aromatic rings. The molecule has 0 saturated carbocycles. The molecule has 102 valence electrons. The Balaban J connectivity index is 0.00000144. The fourth-order valence-corrected chi connectivity index (χ4v) is 2.56. The lowest BCUT2D eigenvalue weighted by Crippen LogP contribution is -2.44. The molecular formula is C13H19BrCl2N2. The minimum atomic E-state index is 0. The van der Waals surface area contributed by atoms with E-state index in [0.717, 1.165) is 30.7 Å². The third kappa shape index (κ3) is 4.56. The standard InChI is InChI=1S/C13H17BrN2.2ClH/c1-2-13(16-8-6-15-7-9-16)11-4-3-5-12(14)10-11;;/h2-5,10,13,15H,1,6-9H2;2*1H/t13-;;/m0../s1. The van der Waals surface area contributed by atoms with Crippen molar-refractivity contribution < 1.29 is 0 Å². The zero-order valence-corrected chi connectivity index (χ0v) is 13.4. The molecule has 0 amide bonds. The van der Waals surface area contributed by atoms with Crippen molar-refractivity contribution in [2.75, 3.05) is 26.2 Å². The summed E-state index contributed by atoms with van der Waals surface area (Å²) in [4.78, 5) is 2.46. The predicted molar refractivity (Wildman–Crippen MR) is 86.0 cm³/mol. The summed E-state index contributed by atoms with van der Waals surface area (Å²) in [5, 5.41) is 3.37. The molecular weight excluding hydrogens is 335 g/mol. The fourth-order valence-electron chi connectivity index (χ4n) is 2.15. The first-order valence-corrected chi connectivity index (χ1v) is 6.43. The van der Waals surface area contributed by atoms with Crippen LogP contribution >= 0.6 is 40.7 Å². The van der Waals surface area contributed by atoms with Gasteiger partial charge in [0.05, 0.1) is 6.04 Å². The van der Waals surface area contributed by atoms with Gasteiger partial charge in [0.2, 0.25) is 0 Å². The van der Waals surface area contributed by atoms with Crippen LogP contribution in [0.1, 0.15) is 11.6 Å². The highest BCUT2D eigenvalue weighted by molar-refractivity contribution is 9.10. The minimum absolute atomic E-state index is 0. The first kappa shape index (κ1) is 17.9. The molecule has 1 aliphatic rings. The summed E-state index contributed by atoms with van der Waals surface area (Å²) in [5.41, 5.74) is 1.31. The highest BCUT2D eigenvalue weighted by Gasteiger charge is 2.19. The second-order valence-electron chi connectivity index (χ2n) is 4.02. The molecule has 0 radical (unpaired) electrons. The number of halogens is 3. The molecule has 1 heterocycles. The third-order valence-electron chi connectivity index (χ3n) is 2.96. The van der Waals surface area contributed by atoms with E-state index in [0.29, 0.717) is 6.04 Å². The maximum Gasteiger partial charge on any atom is 0.0530 e. The van der Waals surface area contributed by atoms with Gasteiger partial charge in [0.1, 0.15) is 0 Å². The second-order valence-corrected chi connectivity index (χ2v) is 4.94. The number of hydrogen-bond acceptors (Lipinski definition) is 2. The number of benzene rings is 1. The Hall–Kier alpha value is -0.0600. The zero-order valence-electron chi connectivity index (χ0n) is 10.1. The number of hydrogen-bond donors (Lipinski definition) is 1. The van der Waals surface area contributed by atoms with E-state index in [-0.39, 0.29) is 24.8 Å². The molecule has 1 atom stereocenters. The first-order valence-electron chi connectivity index (χ1n) is 5.64. The van der Waals surface area contributed by atoms with Gasteiger partial charge in [-0.1, -0.05) is 34.1 Å². The van der Waals surface area contributed by atoms with Crippen molar-refractivity contribution in [3.05, 3.63) is 47.0 Å². The topological polar surface area (TPSA) is 15.3 Å². The van der Waals surface area contributed by atoms with Gasteiger partial charge in [-0.3, -0.25) is 4.90 Å². The lowest BCUT2D eigenvalue weighted by Gasteiger charge is -2.33. The van der Waals surface area contributed by atoms with E-state index >= 15 is 0 Å². The summed E-state index contributed by atoms with van der Waals surface area (Å²) in [6.07, 6.45) is 2.03. The average molecular weight is 354 g/mol. The molecule has 0 spiro atoms. The lowest BCUT2D eigenvalue weighted by molar-refractivity contribution is 0.203. The maximum absolute atomic E-state index is 3.96. The molecule has 5 heteroatoms. The molecule has 18 heavy (non-hydrogen) atoms. The van der Waals surface area contributed by atoms with Gasteiger partial charge >= 0.3 is 0 Å². The second kappa shape index (κ2) is 8.94. The van der Waals surface area contributed by atoms with Crippen LogP contribution in [0.4, 0.5) is 0 Å². The van der Waals surface area contributed by atoms with Crippen LogP contribution in [0.25, 0.3) is 0 Å². The van der Waals surface area contributed by atoms with Crippen LogP contribution in [-0.2, 0) is 0 Å². The number of rotatable bonds is 3. The summed E-state index contributed by atoms with van der Waals surface area (Å²) in [6, 6.07) is 8.81. The summed E-state index contributed by atoms with van der Waals surface area (Å²) < 4.78 is 1.13. The molecule has 0 aliphatic carbocycles. The highest BCUT2D eigenvalue weighted by Crippen LogP contribution is 2.24. The van der Waals surface area contributed by atoms with Crippen LogP contribution < -0.4 is 5.32 Å². The van der Waals surface area contributed by atoms with Gasteiger partial charge in [-0.05, 0) is 17.7 Å². The Morgan fingerprint density at radius 3 is 2.50 bits per heavy atom. The van der Waals surface area contributed by atoms with Gasteiger partial charge in [-0.25, -0.2) is 0 Å². The van der Waals surface area contributed by atoms with Crippen LogP contribution in [0.2, 0.25) is 0 Å². The Morgan fingerprint density at radius 2 is 1.94 bits per heavy atom. The van der Waals surface area contributed by atoms with E-state index in [9.17, 15) is 0 Å². The van der Waals surface area contributed by atoms with Gasteiger partial charge < -0.3 is 5.32 Å². The maximum atomic E-state index is 3.96. The summed E-state index contributed by atoms with van der Waals surface area (Å²) in [7, 11) is 0. The van der Waals surface area contributed by atoms with Crippen molar-refractivity contribution >= 4 is 40.7 Å². The molecule has 1 N–H and O–H groups in total. The Labute approximate surface area is 130 Å². The van der Waals surface area contributed by atoms with E-state index in [4.69, 9.17) is 0 Å². The van der Waals surface area contributed by atoms with Crippen molar-refractivity contribution in [2.24, 2.45) is 0 Å². The molecule has 0 aromatic heterocycles. The Morgan fingerprint density at radius 1 is 1.28 bits per heavy atom. The van der Waals surface area contributed by atoms with Gasteiger partial charge in [0.25, 0.3) is 0 Å². The van der Waals surface area contributed by atoms with Gasteiger partial charge in [-0.2, -0.15) is 0 Å². The lowest BCUT2D eigenvalue weighted by atomic mass is 10.0. The van der Waals surface area contributed by atoms with Gasteiger partial charge in [-0.15, -0.1) is 31.4 Å². The van der Waals surface area contributed by atoms with Crippen LogP contribution in [0.15, 0.2) is 41.4 Å². The van der Waals surface area contributed by atoms with E-state index in [1.807, 2.05) is 6.08 Å². The van der Waals surface area contributed by atoms with Crippen molar-refractivity contribution in [1.82, 2.24) is 10.2 Å². The quantitative estimate of drug-likeness (QED) is 0.837. The van der Waals surface area contributed by atoms with Crippen molar-refractivity contribution in [3.63, 3.8) is 0 Å². The van der Waals surface area contributed by atoms with Crippen molar-refractivity contribution in [2.45, 2.75) is 6.04 Å². The van der Waals surface area contributed by atoms with Crippen molar-refractivity contribution in [3.8, 4) is 0 Å². The molecule has 2 rings (SSSR count). The van der Waals surface area contributed by atoms with E-state index in [1.165, 1.54) is 5.56 Å². The van der Waals surface area contributed by atoms with Crippen LogP contribution in [-0.4, -0.2) is 31.1 Å². The largest absolute Gasteiger partial charge is 0.314 e. The molecule has 0 bridgehead atoms. The van der Waals surface area contributed by atoms with E-state index in [2.05, 4.69) is 57.0 Å². The molecule has 2 nitrogen and oxygen atoms in total. The van der Waals surface area contributed by atoms with Crippen molar-refractivity contribution in [1.29, 1.82) is 0 Å². The fraction of sp³-hybridized carbons (Fsp3) is 0.385. The van der Waals surface area contributed by atoms with Crippen LogP contribution in [0.3, 0.4) is 0 Å². The van der Waals surface area contributed by atoms with E-state index < -0.39 is 0 Å². The molecule has 1 aliphatic heterocycles. The van der Waals surface area contributed by atoms with Gasteiger partial charge in [0, 0.05) is 30.7 Å². The minimum Gasteiger partial charge on any atom is -0.314 e. The normalized spacial score (nSPS) is 17.2. The molecule has 0 unspecified atom stereocenters. The third-order valence-corrected chi connectivity index (χ3v) is 3.45. The van der Waals surface area contributed by atoms with E-state index in [1.54, 1.807) is 0 Å². The molecule has 1 fully saturated rings. The SMILES string of the molecule is C=C[C@@H](c1cccc(Br)c1)N1CCNCC1.Cl.Cl. The summed E-state index contributed by atoms with van der Waals surface area (Å²) in [5.74, 6) is 0. The predicted octanol–water partition coefficient (Wildman–Crippen LogP) is 3.43.